The lowest BCUT2D eigenvalue weighted by molar-refractivity contribution is -0.237. The quantitative estimate of drug-likeness (QED) is 0.722. The number of phosphoric ester groups is 1. The zero-order valence-corrected chi connectivity index (χ0v) is 15.5. The van der Waals surface area contributed by atoms with E-state index in [1.807, 2.05) is 0 Å². The van der Waals surface area contributed by atoms with Crippen LogP contribution >= 0.6 is 7.82 Å². The van der Waals surface area contributed by atoms with E-state index >= 15 is 0 Å². The van der Waals surface area contributed by atoms with Gasteiger partial charge in [-0.15, -0.1) is 0 Å². The van der Waals surface area contributed by atoms with Crippen LogP contribution in [0, 0.1) is 11.3 Å². The minimum absolute atomic E-state index is 0.109. The summed E-state index contributed by atoms with van der Waals surface area (Å²) in [4.78, 5) is 22.2. The van der Waals surface area contributed by atoms with Gasteiger partial charge in [0.25, 0.3) is 5.56 Å². The van der Waals surface area contributed by atoms with Crippen molar-refractivity contribution in [2.45, 2.75) is 32.4 Å². The molecule has 2 aromatic rings. The lowest BCUT2D eigenvalue weighted by Crippen LogP contribution is -2.33. The van der Waals surface area contributed by atoms with Crippen LogP contribution in [-0.2, 0) is 18.1 Å². The first-order valence-corrected chi connectivity index (χ1v) is 9.25. The Morgan fingerprint density at radius 1 is 1.42 bits per heavy atom. The number of rotatable bonds is 7. The normalized spacial score (nSPS) is 24.8. The second kappa shape index (κ2) is 6.19. The highest BCUT2D eigenvalue weighted by Crippen LogP contribution is 2.69. The highest BCUT2D eigenvalue weighted by atomic mass is 31.2. The Kier molecular flexibility index (Phi) is 4.55. The van der Waals surface area contributed by atoms with Crippen molar-refractivity contribution in [2.75, 3.05) is 14.2 Å². The molecule has 0 saturated heterocycles. The summed E-state index contributed by atoms with van der Waals surface area (Å²) >= 11 is 0. The van der Waals surface area contributed by atoms with Gasteiger partial charge in [0.1, 0.15) is 0 Å². The van der Waals surface area contributed by atoms with Gasteiger partial charge in [-0.2, -0.15) is 8.78 Å². The minimum atomic E-state index is -4.35. The van der Waals surface area contributed by atoms with Crippen LogP contribution in [0.2, 0.25) is 0 Å². The fourth-order valence-corrected chi connectivity index (χ4v) is 3.97. The van der Waals surface area contributed by atoms with Crippen molar-refractivity contribution in [1.29, 1.82) is 0 Å². The molecule has 0 radical (unpaired) electrons. The molecule has 1 saturated carbocycles. The van der Waals surface area contributed by atoms with Crippen molar-refractivity contribution < 1.29 is 26.9 Å². The molecule has 1 fully saturated rings. The van der Waals surface area contributed by atoms with E-state index in [0.29, 0.717) is 5.65 Å². The summed E-state index contributed by atoms with van der Waals surface area (Å²) in [5.74, 6) is -0.529. The van der Waals surface area contributed by atoms with Gasteiger partial charge in [-0.05, 0) is 19.3 Å². The van der Waals surface area contributed by atoms with E-state index < -0.39 is 36.9 Å². The number of hydrogen-bond donors (Lipinski definition) is 1. The third-order valence-corrected chi connectivity index (χ3v) is 6.37. The van der Waals surface area contributed by atoms with Crippen LogP contribution in [0.25, 0.3) is 11.2 Å². The molecule has 3 rings (SSSR count). The summed E-state index contributed by atoms with van der Waals surface area (Å²) in [5.41, 5.74) is -1.56. The maximum atomic E-state index is 14.6. The summed E-state index contributed by atoms with van der Waals surface area (Å²) in [5, 5.41) is 0. The number of fused-ring (bicyclic) bond motifs is 1. The molecule has 9 nitrogen and oxygen atoms in total. The zero-order chi connectivity index (χ0) is 19.3. The third-order valence-electron chi connectivity index (χ3n) is 5.03. The SMILES string of the molecule is COP(=O)(OC)OC(F)(F)[C@@]1(C)C[C@@H]1[C@H](C)n1cnc2c(=O)[nH]cnc21. The molecule has 0 aromatic carbocycles. The maximum Gasteiger partial charge on any atom is 0.479 e. The molecule has 0 amide bonds. The Balaban J connectivity index is 1.86. The first-order chi connectivity index (χ1) is 12.1. The van der Waals surface area contributed by atoms with Crippen molar-refractivity contribution in [3.05, 3.63) is 23.0 Å². The van der Waals surface area contributed by atoms with E-state index in [0.717, 1.165) is 14.2 Å². The van der Waals surface area contributed by atoms with Gasteiger partial charge < -0.3 is 9.55 Å². The molecule has 2 aromatic heterocycles. The predicted molar refractivity (Wildman–Crippen MR) is 86.7 cm³/mol. The number of imidazole rings is 1. The monoisotopic (exact) mass is 392 g/mol. The van der Waals surface area contributed by atoms with Gasteiger partial charge in [0.05, 0.1) is 18.1 Å². The molecule has 0 aliphatic heterocycles. The predicted octanol–water partition coefficient (Wildman–Crippen LogP) is 2.72. The number of nitrogens with zero attached hydrogens (tertiary/aromatic N) is 3. The molecule has 0 bridgehead atoms. The number of halogens is 2. The fourth-order valence-electron chi connectivity index (χ4n) is 3.18. The van der Waals surface area contributed by atoms with Crippen LogP contribution in [0.3, 0.4) is 0 Å². The van der Waals surface area contributed by atoms with Gasteiger partial charge >= 0.3 is 13.9 Å². The van der Waals surface area contributed by atoms with E-state index in [4.69, 9.17) is 0 Å². The molecule has 3 atom stereocenters. The Morgan fingerprint density at radius 3 is 2.69 bits per heavy atom. The number of hydrogen-bond acceptors (Lipinski definition) is 7. The number of aromatic amines is 1. The van der Waals surface area contributed by atoms with Gasteiger partial charge in [0.15, 0.2) is 11.2 Å². The lowest BCUT2D eigenvalue weighted by atomic mass is 10.0. The first-order valence-electron chi connectivity index (χ1n) is 7.79. The third kappa shape index (κ3) is 2.88. The highest BCUT2D eigenvalue weighted by Gasteiger charge is 2.70. The molecule has 1 N–H and O–H groups in total. The Hall–Kier alpha value is -1.68. The van der Waals surface area contributed by atoms with E-state index in [2.05, 4.69) is 28.5 Å². The number of H-pyrrole nitrogens is 1. The minimum Gasteiger partial charge on any atom is -0.312 e. The Labute approximate surface area is 147 Å². The van der Waals surface area contributed by atoms with E-state index in [-0.39, 0.29) is 11.9 Å². The summed E-state index contributed by atoms with van der Waals surface area (Å²) < 4.78 is 56.1. The smallest absolute Gasteiger partial charge is 0.312 e. The molecule has 144 valence electrons. The van der Waals surface area contributed by atoms with Crippen LogP contribution in [0.5, 0.6) is 0 Å². The lowest BCUT2D eigenvalue weighted by Gasteiger charge is -2.28. The van der Waals surface area contributed by atoms with E-state index in [1.54, 1.807) is 11.5 Å². The fraction of sp³-hybridized carbons (Fsp3) is 0.643. The van der Waals surface area contributed by atoms with Gasteiger partial charge in [0, 0.05) is 20.3 Å². The van der Waals surface area contributed by atoms with Crippen LogP contribution in [0.4, 0.5) is 8.78 Å². The standard InChI is InChI=1S/C14H19F2N4O5P/c1-8(20-7-19-10-11(20)17-6-18-12(10)21)9-5-13(9,2)14(15,16)25-26(22,23-3)24-4/h6-9H,5H2,1-4H3,(H,17,18,21)/t8-,9+,13-/m0/s1. The zero-order valence-electron chi connectivity index (χ0n) is 14.6. The van der Waals surface area contributed by atoms with Crippen LogP contribution in [0.15, 0.2) is 17.4 Å². The summed E-state index contributed by atoms with van der Waals surface area (Å²) in [7, 11) is -2.41. The maximum absolute atomic E-state index is 14.6. The average Bonchev–Trinajstić information content (AvgIpc) is 3.12. The molecule has 0 unspecified atom stereocenters. The average molecular weight is 392 g/mol. The Bertz CT molecular complexity index is 923. The largest absolute Gasteiger partial charge is 0.479 e. The van der Waals surface area contributed by atoms with Crippen LogP contribution < -0.4 is 5.56 Å². The molecule has 12 heteroatoms. The summed E-state index contributed by atoms with van der Waals surface area (Å²) in [6, 6.07) is -0.446. The summed E-state index contributed by atoms with van der Waals surface area (Å²) in [6.45, 7) is 3.06. The second-order valence-electron chi connectivity index (χ2n) is 6.44. The van der Waals surface area contributed by atoms with Crippen molar-refractivity contribution in [1.82, 2.24) is 19.5 Å². The molecule has 0 spiro atoms. The van der Waals surface area contributed by atoms with E-state index in [9.17, 15) is 18.1 Å². The van der Waals surface area contributed by atoms with Crippen molar-refractivity contribution in [3.63, 3.8) is 0 Å². The molecular formula is C14H19F2N4O5P. The van der Waals surface area contributed by atoms with Crippen molar-refractivity contribution in [2.24, 2.45) is 11.3 Å². The van der Waals surface area contributed by atoms with E-state index in [1.165, 1.54) is 19.6 Å². The molecule has 26 heavy (non-hydrogen) atoms. The molecule has 2 heterocycles. The summed E-state index contributed by atoms with van der Waals surface area (Å²) in [6.07, 6.45) is -1.01. The molecule has 1 aliphatic rings. The van der Waals surface area contributed by atoms with Crippen molar-refractivity contribution >= 4 is 19.0 Å². The van der Waals surface area contributed by atoms with Gasteiger partial charge in [0.2, 0.25) is 0 Å². The van der Waals surface area contributed by atoms with Gasteiger partial charge in [-0.3, -0.25) is 13.8 Å². The van der Waals surface area contributed by atoms with Crippen molar-refractivity contribution in [3.8, 4) is 0 Å². The van der Waals surface area contributed by atoms with Crippen LogP contribution in [0.1, 0.15) is 26.3 Å². The molecular weight excluding hydrogens is 373 g/mol. The number of alkyl halides is 2. The number of phosphoric acid groups is 1. The topological polar surface area (TPSA) is 108 Å². The highest BCUT2D eigenvalue weighted by molar-refractivity contribution is 7.48. The van der Waals surface area contributed by atoms with Crippen LogP contribution in [-0.4, -0.2) is 39.8 Å². The van der Waals surface area contributed by atoms with Gasteiger partial charge in [-0.1, -0.05) is 6.92 Å². The first kappa shape index (κ1) is 19.1. The Morgan fingerprint density at radius 2 is 2.08 bits per heavy atom. The molecule has 1 aliphatic carbocycles. The van der Waals surface area contributed by atoms with Gasteiger partial charge in [-0.25, -0.2) is 19.1 Å². The number of aromatic nitrogens is 4. The number of nitrogens with one attached hydrogen (secondary N) is 1. The second-order valence-corrected chi connectivity index (χ2v) is 8.25.